The molecular formula is C19H33N3O6. The number of hydrogen-bond acceptors (Lipinski definition) is 5. The summed E-state index contributed by atoms with van der Waals surface area (Å²) in [5, 5.41) is 14.0. The van der Waals surface area contributed by atoms with Crippen molar-refractivity contribution in [3.05, 3.63) is 0 Å². The number of piperidine rings is 1. The minimum absolute atomic E-state index is 0.127. The SMILES string of the molecule is CC(NC(=O)C1CCN(C(=O)C(NC(=O)OC(C)(C)C)C(C)C)CC1)C(=O)O. The van der Waals surface area contributed by atoms with E-state index in [9.17, 15) is 19.2 Å². The molecule has 0 aromatic rings. The number of alkyl carbamates (subject to hydrolysis) is 1. The molecule has 0 spiro atoms. The first kappa shape index (κ1) is 23.7. The predicted molar refractivity (Wildman–Crippen MR) is 103 cm³/mol. The first-order chi connectivity index (χ1) is 12.8. The summed E-state index contributed by atoms with van der Waals surface area (Å²) in [5.74, 6) is -2.07. The smallest absolute Gasteiger partial charge is 0.408 e. The van der Waals surface area contributed by atoms with Gasteiger partial charge in [0.1, 0.15) is 17.7 Å². The average Bonchev–Trinajstić information content (AvgIpc) is 2.57. The Hall–Kier alpha value is -2.32. The molecular weight excluding hydrogens is 366 g/mol. The molecule has 0 radical (unpaired) electrons. The van der Waals surface area contributed by atoms with Crippen LogP contribution >= 0.6 is 0 Å². The molecule has 9 nitrogen and oxygen atoms in total. The Balaban J connectivity index is 2.63. The minimum Gasteiger partial charge on any atom is -0.480 e. The van der Waals surface area contributed by atoms with Crippen LogP contribution in [0.1, 0.15) is 54.4 Å². The number of nitrogens with zero attached hydrogens (tertiary/aromatic N) is 1. The molecule has 0 saturated carbocycles. The van der Waals surface area contributed by atoms with E-state index in [-0.39, 0.29) is 23.7 Å². The highest BCUT2D eigenvalue weighted by molar-refractivity contribution is 5.87. The molecule has 2 atom stereocenters. The Morgan fingerprint density at radius 1 is 1.04 bits per heavy atom. The third-order valence-corrected chi connectivity index (χ3v) is 4.51. The number of nitrogens with one attached hydrogen (secondary N) is 2. The predicted octanol–water partition coefficient (Wildman–Crippen LogP) is 1.36. The fourth-order valence-electron chi connectivity index (χ4n) is 2.90. The average molecular weight is 399 g/mol. The number of rotatable bonds is 6. The third kappa shape index (κ3) is 7.36. The lowest BCUT2D eigenvalue weighted by Crippen LogP contribution is -2.54. The number of hydrogen-bond donors (Lipinski definition) is 3. The number of aliphatic carboxylic acids is 1. The van der Waals surface area contributed by atoms with Gasteiger partial charge in [-0.2, -0.15) is 0 Å². The molecule has 3 N–H and O–H groups in total. The van der Waals surface area contributed by atoms with E-state index in [1.54, 1.807) is 25.7 Å². The quantitative estimate of drug-likeness (QED) is 0.619. The molecule has 0 aromatic heterocycles. The Kier molecular flexibility index (Phi) is 8.26. The zero-order valence-corrected chi connectivity index (χ0v) is 17.6. The normalized spacial score (nSPS) is 17.6. The molecule has 0 aromatic carbocycles. The van der Waals surface area contributed by atoms with Crippen LogP contribution in [0.2, 0.25) is 0 Å². The van der Waals surface area contributed by atoms with Gasteiger partial charge >= 0.3 is 12.1 Å². The number of amides is 3. The Labute approximate surface area is 166 Å². The van der Waals surface area contributed by atoms with Crippen molar-refractivity contribution in [2.24, 2.45) is 11.8 Å². The van der Waals surface area contributed by atoms with E-state index >= 15 is 0 Å². The van der Waals surface area contributed by atoms with Gasteiger partial charge in [0.25, 0.3) is 0 Å². The van der Waals surface area contributed by atoms with Crippen molar-refractivity contribution in [3.63, 3.8) is 0 Å². The van der Waals surface area contributed by atoms with Crippen LogP contribution in [-0.4, -0.2) is 64.7 Å². The molecule has 1 rings (SSSR count). The van der Waals surface area contributed by atoms with Crippen LogP contribution < -0.4 is 10.6 Å². The highest BCUT2D eigenvalue weighted by atomic mass is 16.6. The second-order valence-corrected chi connectivity index (χ2v) is 8.54. The van der Waals surface area contributed by atoms with E-state index in [4.69, 9.17) is 9.84 Å². The Morgan fingerprint density at radius 2 is 1.57 bits per heavy atom. The van der Waals surface area contributed by atoms with E-state index in [2.05, 4.69) is 10.6 Å². The molecule has 160 valence electrons. The molecule has 1 heterocycles. The van der Waals surface area contributed by atoms with Crippen LogP contribution in [0.4, 0.5) is 4.79 Å². The summed E-state index contributed by atoms with van der Waals surface area (Å²) in [4.78, 5) is 49.6. The maximum atomic E-state index is 12.9. The number of likely N-dealkylation sites (tertiary alicyclic amines) is 1. The molecule has 2 unspecified atom stereocenters. The number of carboxylic acid groups (broad SMARTS) is 1. The molecule has 0 aliphatic carbocycles. The van der Waals surface area contributed by atoms with Crippen LogP contribution in [0.25, 0.3) is 0 Å². The van der Waals surface area contributed by atoms with E-state index in [0.29, 0.717) is 25.9 Å². The summed E-state index contributed by atoms with van der Waals surface area (Å²) in [6.45, 7) is 11.1. The van der Waals surface area contributed by atoms with Gasteiger partial charge in [-0.3, -0.25) is 14.4 Å². The molecule has 0 bridgehead atoms. The summed E-state index contributed by atoms with van der Waals surface area (Å²) in [6.07, 6.45) is 0.249. The second-order valence-electron chi connectivity index (χ2n) is 8.54. The zero-order chi connectivity index (χ0) is 21.6. The number of carbonyl (C=O) groups excluding carboxylic acids is 3. The Bertz CT molecular complexity index is 591. The first-order valence-corrected chi connectivity index (χ1v) is 9.63. The number of carbonyl (C=O) groups is 4. The topological polar surface area (TPSA) is 125 Å². The minimum atomic E-state index is -1.09. The lowest BCUT2D eigenvalue weighted by Gasteiger charge is -2.35. The van der Waals surface area contributed by atoms with Gasteiger partial charge < -0.3 is 25.4 Å². The molecule has 1 aliphatic rings. The van der Waals surface area contributed by atoms with Crippen LogP contribution in [0.5, 0.6) is 0 Å². The summed E-state index contributed by atoms with van der Waals surface area (Å²) >= 11 is 0. The van der Waals surface area contributed by atoms with Gasteiger partial charge in [0.05, 0.1) is 0 Å². The fraction of sp³-hybridized carbons (Fsp3) is 0.789. The second kappa shape index (κ2) is 9.75. The van der Waals surface area contributed by atoms with Crippen molar-refractivity contribution in [2.75, 3.05) is 13.1 Å². The van der Waals surface area contributed by atoms with Gasteiger partial charge in [0, 0.05) is 19.0 Å². The van der Waals surface area contributed by atoms with Crippen molar-refractivity contribution in [1.82, 2.24) is 15.5 Å². The maximum absolute atomic E-state index is 12.9. The van der Waals surface area contributed by atoms with Gasteiger partial charge in [0.15, 0.2) is 0 Å². The summed E-state index contributed by atoms with van der Waals surface area (Å²) < 4.78 is 5.24. The highest BCUT2D eigenvalue weighted by Gasteiger charge is 2.34. The third-order valence-electron chi connectivity index (χ3n) is 4.51. The van der Waals surface area contributed by atoms with Crippen molar-refractivity contribution < 1.29 is 29.0 Å². The maximum Gasteiger partial charge on any atom is 0.408 e. The van der Waals surface area contributed by atoms with Crippen molar-refractivity contribution in [1.29, 1.82) is 0 Å². The summed E-state index contributed by atoms with van der Waals surface area (Å²) in [6, 6.07) is -1.66. The van der Waals surface area contributed by atoms with Crippen LogP contribution in [0.3, 0.4) is 0 Å². The van der Waals surface area contributed by atoms with E-state index in [1.807, 2.05) is 13.8 Å². The van der Waals surface area contributed by atoms with Crippen molar-refractivity contribution >= 4 is 23.9 Å². The van der Waals surface area contributed by atoms with Crippen LogP contribution in [0.15, 0.2) is 0 Å². The lowest BCUT2D eigenvalue weighted by molar-refractivity contribution is -0.142. The van der Waals surface area contributed by atoms with Gasteiger partial charge in [-0.15, -0.1) is 0 Å². The standard InChI is InChI=1S/C19H33N3O6/c1-11(2)14(21-18(27)28-19(4,5)6)16(24)22-9-7-13(8-10-22)15(23)20-12(3)17(25)26/h11-14H,7-10H2,1-6H3,(H,20,23)(H,21,27)(H,25,26). The number of ether oxygens (including phenoxy) is 1. The summed E-state index contributed by atoms with van der Waals surface area (Å²) in [7, 11) is 0. The van der Waals surface area contributed by atoms with Crippen molar-refractivity contribution in [3.8, 4) is 0 Å². The largest absolute Gasteiger partial charge is 0.480 e. The van der Waals surface area contributed by atoms with Crippen LogP contribution in [-0.2, 0) is 19.1 Å². The van der Waals surface area contributed by atoms with Crippen molar-refractivity contribution in [2.45, 2.75) is 72.1 Å². The van der Waals surface area contributed by atoms with Gasteiger partial charge in [-0.1, -0.05) is 13.8 Å². The molecule has 28 heavy (non-hydrogen) atoms. The van der Waals surface area contributed by atoms with Gasteiger partial charge in [-0.25, -0.2) is 4.79 Å². The molecule has 9 heteroatoms. The monoisotopic (exact) mass is 399 g/mol. The summed E-state index contributed by atoms with van der Waals surface area (Å²) in [5.41, 5.74) is -0.659. The molecule has 1 aliphatic heterocycles. The van der Waals surface area contributed by atoms with Gasteiger partial charge in [-0.05, 0) is 46.5 Å². The van der Waals surface area contributed by atoms with E-state index in [1.165, 1.54) is 6.92 Å². The molecule has 1 saturated heterocycles. The number of carboxylic acids is 1. The van der Waals surface area contributed by atoms with Crippen LogP contribution in [0, 0.1) is 11.8 Å². The lowest BCUT2D eigenvalue weighted by atomic mass is 9.94. The van der Waals surface area contributed by atoms with E-state index in [0.717, 1.165) is 0 Å². The highest BCUT2D eigenvalue weighted by Crippen LogP contribution is 2.20. The molecule has 1 fully saturated rings. The fourth-order valence-corrected chi connectivity index (χ4v) is 2.90. The van der Waals surface area contributed by atoms with Gasteiger partial charge in [0.2, 0.25) is 11.8 Å². The Morgan fingerprint density at radius 3 is 2.00 bits per heavy atom. The van der Waals surface area contributed by atoms with E-state index < -0.39 is 29.7 Å². The zero-order valence-electron chi connectivity index (χ0n) is 17.6. The molecule has 3 amide bonds. The first-order valence-electron chi connectivity index (χ1n) is 9.63.